The SMILES string of the molecule is O=C(O)C1=C(C(=O)O)N=CC(C(=O)O)C1. The second-order valence-corrected chi connectivity index (χ2v) is 2.86. The highest BCUT2D eigenvalue weighted by Crippen LogP contribution is 2.21. The number of carboxylic acids is 3. The molecule has 0 amide bonds. The van der Waals surface area contributed by atoms with Crippen molar-refractivity contribution in [2.45, 2.75) is 6.42 Å². The first-order valence-electron chi connectivity index (χ1n) is 3.90. The fraction of sp³-hybridized carbons (Fsp3) is 0.250. The Labute approximate surface area is 83.4 Å². The van der Waals surface area contributed by atoms with E-state index in [0.717, 1.165) is 6.21 Å². The Morgan fingerprint density at radius 3 is 2.20 bits per heavy atom. The average Bonchev–Trinajstić information content (AvgIpc) is 2.16. The largest absolute Gasteiger partial charge is 0.481 e. The van der Waals surface area contributed by atoms with Gasteiger partial charge in [-0.15, -0.1) is 0 Å². The lowest BCUT2D eigenvalue weighted by molar-refractivity contribution is -0.140. The molecule has 0 spiro atoms. The van der Waals surface area contributed by atoms with Gasteiger partial charge in [-0.25, -0.2) is 9.59 Å². The number of rotatable bonds is 3. The minimum Gasteiger partial charge on any atom is -0.481 e. The average molecular weight is 213 g/mol. The van der Waals surface area contributed by atoms with Crippen molar-refractivity contribution >= 4 is 24.1 Å². The lowest BCUT2D eigenvalue weighted by Crippen LogP contribution is -2.24. The van der Waals surface area contributed by atoms with Crippen LogP contribution in [0.3, 0.4) is 0 Å². The third kappa shape index (κ3) is 2.19. The summed E-state index contributed by atoms with van der Waals surface area (Å²) < 4.78 is 0. The van der Waals surface area contributed by atoms with Crippen LogP contribution in [0.5, 0.6) is 0 Å². The van der Waals surface area contributed by atoms with Crippen molar-refractivity contribution in [3.05, 3.63) is 11.3 Å². The van der Waals surface area contributed by atoms with E-state index in [9.17, 15) is 14.4 Å². The van der Waals surface area contributed by atoms with Gasteiger partial charge in [0.25, 0.3) is 0 Å². The molecule has 7 heteroatoms. The number of nitrogens with zero attached hydrogens (tertiary/aromatic N) is 1. The van der Waals surface area contributed by atoms with Gasteiger partial charge in [-0.2, -0.15) is 0 Å². The molecular formula is C8H7NO6. The fourth-order valence-corrected chi connectivity index (χ4v) is 1.14. The molecule has 0 aliphatic carbocycles. The maximum atomic E-state index is 10.6. The first kappa shape index (κ1) is 10.9. The van der Waals surface area contributed by atoms with Gasteiger partial charge in [-0.1, -0.05) is 0 Å². The van der Waals surface area contributed by atoms with Crippen molar-refractivity contribution in [1.29, 1.82) is 0 Å². The Morgan fingerprint density at radius 2 is 1.80 bits per heavy atom. The predicted molar refractivity (Wildman–Crippen MR) is 46.5 cm³/mol. The molecule has 1 atom stereocenters. The summed E-state index contributed by atoms with van der Waals surface area (Å²) in [5.74, 6) is -5.26. The van der Waals surface area contributed by atoms with E-state index in [4.69, 9.17) is 15.3 Å². The summed E-state index contributed by atoms with van der Waals surface area (Å²) in [5, 5.41) is 25.9. The molecule has 0 radical (unpaired) electrons. The van der Waals surface area contributed by atoms with Gasteiger partial charge in [0.05, 0.1) is 11.5 Å². The summed E-state index contributed by atoms with van der Waals surface area (Å²) in [5.41, 5.74) is -1.10. The maximum absolute atomic E-state index is 10.6. The number of hydrogen-bond donors (Lipinski definition) is 3. The molecule has 80 valence electrons. The summed E-state index contributed by atoms with van der Waals surface area (Å²) in [7, 11) is 0. The van der Waals surface area contributed by atoms with Crippen molar-refractivity contribution in [3.8, 4) is 0 Å². The van der Waals surface area contributed by atoms with Crippen LogP contribution in [0.25, 0.3) is 0 Å². The van der Waals surface area contributed by atoms with Crippen LogP contribution in [0.15, 0.2) is 16.3 Å². The van der Waals surface area contributed by atoms with E-state index in [-0.39, 0.29) is 6.42 Å². The van der Waals surface area contributed by atoms with Crippen LogP contribution in [-0.4, -0.2) is 39.4 Å². The zero-order valence-corrected chi connectivity index (χ0v) is 7.38. The van der Waals surface area contributed by atoms with Crippen LogP contribution >= 0.6 is 0 Å². The fourth-order valence-electron chi connectivity index (χ4n) is 1.14. The van der Waals surface area contributed by atoms with Gasteiger partial charge in [0.2, 0.25) is 0 Å². The molecular weight excluding hydrogens is 206 g/mol. The van der Waals surface area contributed by atoms with Crippen molar-refractivity contribution in [1.82, 2.24) is 0 Å². The van der Waals surface area contributed by atoms with Crippen molar-refractivity contribution in [3.63, 3.8) is 0 Å². The molecule has 0 fully saturated rings. The summed E-state index contributed by atoms with van der Waals surface area (Å²) in [6.45, 7) is 0. The van der Waals surface area contributed by atoms with E-state index in [2.05, 4.69) is 4.99 Å². The molecule has 0 saturated carbocycles. The monoisotopic (exact) mass is 213 g/mol. The molecule has 3 N–H and O–H groups in total. The van der Waals surface area contributed by atoms with Gasteiger partial charge in [0.15, 0.2) is 5.70 Å². The van der Waals surface area contributed by atoms with Gasteiger partial charge in [0.1, 0.15) is 0 Å². The molecule has 1 aliphatic rings. The van der Waals surface area contributed by atoms with E-state index in [0.29, 0.717) is 0 Å². The molecule has 0 aromatic carbocycles. The highest BCUT2D eigenvalue weighted by atomic mass is 16.4. The third-order valence-corrected chi connectivity index (χ3v) is 1.87. The van der Waals surface area contributed by atoms with Crippen LogP contribution in [0.4, 0.5) is 0 Å². The smallest absolute Gasteiger partial charge is 0.355 e. The second-order valence-electron chi connectivity index (χ2n) is 2.86. The lowest BCUT2D eigenvalue weighted by Gasteiger charge is -2.13. The first-order chi connectivity index (χ1) is 6.93. The van der Waals surface area contributed by atoms with Gasteiger partial charge in [-0.05, 0) is 0 Å². The molecule has 1 heterocycles. The summed E-state index contributed by atoms with van der Waals surface area (Å²) in [6, 6.07) is 0. The number of hydrogen-bond acceptors (Lipinski definition) is 4. The molecule has 1 aliphatic heterocycles. The number of carbonyl (C=O) groups is 3. The molecule has 7 nitrogen and oxygen atoms in total. The Kier molecular flexibility index (Phi) is 2.84. The van der Waals surface area contributed by atoms with Gasteiger partial charge in [-0.3, -0.25) is 9.79 Å². The lowest BCUT2D eigenvalue weighted by atomic mass is 9.96. The molecule has 1 rings (SSSR count). The highest BCUT2D eigenvalue weighted by molar-refractivity contribution is 6.03. The molecule has 0 aromatic rings. The van der Waals surface area contributed by atoms with Crippen LogP contribution < -0.4 is 0 Å². The van der Waals surface area contributed by atoms with E-state index in [1.54, 1.807) is 0 Å². The Hall–Kier alpha value is -2.18. The zero-order chi connectivity index (χ0) is 11.6. The van der Waals surface area contributed by atoms with E-state index >= 15 is 0 Å². The number of aliphatic carboxylic acids is 3. The molecule has 15 heavy (non-hydrogen) atoms. The van der Waals surface area contributed by atoms with Crippen LogP contribution in [-0.2, 0) is 14.4 Å². The molecule has 0 bridgehead atoms. The van der Waals surface area contributed by atoms with Crippen molar-refractivity contribution < 1.29 is 29.7 Å². The van der Waals surface area contributed by atoms with Crippen molar-refractivity contribution in [2.75, 3.05) is 0 Å². The Morgan fingerprint density at radius 1 is 1.20 bits per heavy atom. The number of aliphatic imine (C=N–C) groups is 1. The topological polar surface area (TPSA) is 124 Å². The molecule has 1 unspecified atom stereocenters. The Bertz CT molecular complexity index is 394. The van der Waals surface area contributed by atoms with Crippen LogP contribution in [0.2, 0.25) is 0 Å². The summed E-state index contributed by atoms with van der Waals surface area (Å²) >= 11 is 0. The van der Waals surface area contributed by atoms with Crippen LogP contribution in [0.1, 0.15) is 6.42 Å². The maximum Gasteiger partial charge on any atom is 0.355 e. The van der Waals surface area contributed by atoms with E-state index in [1.165, 1.54) is 0 Å². The van der Waals surface area contributed by atoms with Gasteiger partial charge < -0.3 is 15.3 Å². The standard InChI is InChI=1S/C8H7NO6/c10-6(11)3-1-4(7(12)13)5(8(14)15)9-2-3/h2-3H,1H2,(H,10,11)(H,12,13)(H,14,15). The summed E-state index contributed by atoms with van der Waals surface area (Å²) in [4.78, 5) is 35.1. The third-order valence-electron chi connectivity index (χ3n) is 1.87. The summed E-state index contributed by atoms with van der Waals surface area (Å²) in [6.07, 6.45) is 0.564. The molecule has 0 saturated heterocycles. The predicted octanol–water partition coefficient (Wildman–Crippen LogP) is -0.415. The van der Waals surface area contributed by atoms with Crippen molar-refractivity contribution in [2.24, 2.45) is 10.9 Å². The first-order valence-corrected chi connectivity index (χ1v) is 3.90. The zero-order valence-electron chi connectivity index (χ0n) is 7.38. The molecule has 0 aromatic heterocycles. The van der Waals surface area contributed by atoms with E-state index in [1.807, 2.05) is 0 Å². The van der Waals surface area contributed by atoms with Gasteiger partial charge in [0, 0.05) is 12.6 Å². The minimum absolute atomic E-state index is 0.365. The quantitative estimate of drug-likeness (QED) is 0.585. The number of carboxylic acid groups (broad SMARTS) is 3. The van der Waals surface area contributed by atoms with E-state index < -0.39 is 35.1 Å². The minimum atomic E-state index is -1.48. The Balaban J connectivity index is 3.09. The second kappa shape index (κ2) is 3.91. The van der Waals surface area contributed by atoms with Gasteiger partial charge >= 0.3 is 17.9 Å². The highest BCUT2D eigenvalue weighted by Gasteiger charge is 2.29. The normalized spacial score (nSPS) is 20.1. The van der Waals surface area contributed by atoms with Crippen LogP contribution in [0, 0.1) is 5.92 Å².